The maximum atomic E-state index is 5.85. The second kappa shape index (κ2) is 4.69. The summed E-state index contributed by atoms with van der Waals surface area (Å²) in [6, 6.07) is 18.9. The zero-order valence-electron chi connectivity index (χ0n) is 10.5. The topological polar surface area (TPSA) is 13.1 Å². The minimum absolute atomic E-state index is 0.944. The molecule has 0 spiro atoms. The molecular formula is C17H16O. The normalized spacial score (nSPS) is 10.9. The van der Waals surface area contributed by atoms with Gasteiger partial charge in [-0.1, -0.05) is 55.8 Å². The minimum atomic E-state index is 0.944. The average molecular weight is 236 g/mol. The first-order valence-electron chi connectivity index (χ1n) is 6.44. The summed E-state index contributed by atoms with van der Waals surface area (Å²) in [5.41, 5.74) is 3.48. The molecule has 1 aromatic heterocycles. The molecule has 3 rings (SSSR count). The Morgan fingerprint density at radius 3 is 2.44 bits per heavy atom. The molecule has 0 atom stereocenters. The molecule has 18 heavy (non-hydrogen) atoms. The van der Waals surface area contributed by atoms with Gasteiger partial charge < -0.3 is 4.42 Å². The highest BCUT2D eigenvalue weighted by Crippen LogP contribution is 2.27. The molecule has 0 saturated heterocycles. The molecule has 0 amide bonds. The van der Waals surface area contributed by atoms with Gasteiger partial charge in [0.2, 0.25) is 0 Å². The first kappa shape index (κ1) is 11.1. The predicted molar refractivity (Wildman–Crippen MR) is 75.6 cm³/mol. The van der Waals surface area contributed by atoms with Crippen LogP contribution in [-0.2, 0) is 6.42 Å². The molecule has 1 heterocycles. The lowest BCUT2D eigenvalue weighted by Crippen LogP contribution is -1.82. The van der Waals surface area contributed by atoms with E-state index in [1.807, 2.05) is 18.2 Å². The Hall–Kier alpha value is -2.02. The van der Waals surface area contributed by atoms with Gasteiger partial charge in [-0.05, 0) is 24.1 Å². The molecule has 0 radical (unpaired) electrons. The van der Waals surface area contributed by atoms with Crippen molar-refractivity contribution in [2.24, 2.45) is 0 Å². The molecule has 0 unspecified atom stereocenters. The van der Waals surface area contributed by atoms with Crippen LogP contribution in [0.1, 0.15) is 18.9 Å². The third-order valence-corrected chi connectivity index (χ3v) is 3.20. The standard InChI is InChI=1S/C17H16O/c1-2-5-13-8-10-14(11-9-13)17-12-15-6-3-4-7-16(15)18-17/h3-4,6-12H,2,5H2,1H3. The van der Waals surface area contributed by atoms with Gasteiger partial charge >= 0.3 is 0 Å². The molecule has 2 aromatic carbocycles. The second-order valence-corrected chi connectivity index (χ2v) is 4.60. The summed E-state index contributed by atoms with van der Waals surface area (Å²) in [5.74, 6) is 0.944. The number of aryl methyl sites for hydroxylation is 1. The van der Waals surface area contributed by atoms with Gasteiger partial charge in [0.15, 0.2) is 0 Å². The van der Waals surface area contributed by atoms with Crippen LogP contribution in [0, 0.1) is 0 Å². The SMILES string of the molecule is CCCc1ccc(-c2cc3ccccc3o2)cc1. The van der Waals surface area contributed by atoms with Crippen molar-refractivity contribution in [1.29, 1.82) is 0 Å². The molecule has 0 aliphatic rings. The van der Waals surface area contributed by atoms with Crippen molar-refractivity contribution in [1.82, 2.24) is 0 Å². The number of benzene rings is 2. The molecule has 90 valence electrons. The fraction of sp³-hybridized carbons (Fsp3) is 0.176. The van der Waals surface area contributed by atoms with Gasteiger partial charge in [0.25, 0.3) is 0 Å². The predicted octanol–water partition coefficient (Wildman–Crippen LogP) is 5.05. The van der Waals surface area contributed by atoms with Crippen molar-refractivity contribution in [3.63, 3.8) is 0 Å². The van der Waals surface area contributed by atoms with Crippen molar-refractivity contribution in [2.75, 3.05) is 0 Å². The summed E-state index contributed by atoms with van der Waals surface area (Å²) in [4.78, 5) is 0. The van der Waals surface area contributed by atoms with E-state index in [0.717, 1.165) is 28.7 Å². The van der Waals surface area contributed by atoms with Crippen LogP contribution in [0.3, 0.4) is 0 Å². The number of hydrogen-bond donors (Lipinski definition) is 0. The molecule has 0 aliphatic carbocycles. The Bertz CT molecular complexity index is 614. The highest BCUT2D eigenvalue weighted by atomic mass is 16.3. The van der Waals surface area contributed by atoms with Gasteiger partial charge in [-0.3, -0.25) is 0 Å². The molecular weight excluding hydrogens is 220 g/mol. The van der Waals surface area contributed by atoms with Crippen LogP contribution in [0.25, 0.3) is 22.3 Å². The summed E-state index contributed by atoms with van der Waals surface area (Å²) < 4.78 is 5.85. The monoisotopic (exact) mass is 236 g/mol. The Morgan fingerprint density at radius 2 is 1.72 bits per heavy atom. The van der Waals surface area contributed by atoms with Gasteiger partial charge in [-0.25, -0.2) is 0 Å². The first-order chi connectivity index (χ1) is 8.86. The number of para-hydroxylation sites is 1. The highest BCUT2D eigenvalue weighted by Gasteiger charge is 2.05. The first-order valence-corrected chi connectivity index (χ1v) is 6.44. The Morgan fingerprint density at radius 1 is 0.944 bits per heavy atom. The Kier molecular flexibility index (Phi) is 2.89. The molecule has 3 aromatic rings. The maximum absolute atomic E-state index is 5.85. The molecule has 0 fully saturated rings. The summed E-state index contributed by atoms with van der Waals surface area (Å²) in [5, 5.41) is 1.16. The van der Waals surface area contributed by atoms with E-state index in [1.165, 1.54) is 12.0 Å². The van der Waals surface area contributed by atoms with Gasteiger partial charge in [-0.2, -0.15) is 0 Å². The Labute approximate surface area is 107 Å². The molecule has 1 nitrogen and oxygen atoms in total. The smallest absolute Gasteiger partial charge is 0.135 e. The zero-order chi connectivity index (χ0) is 12.4. The second-order valence-electron chi connectivity index (χ2n) is 4.60. The average Bonchev–Trinajstić information content (AvgIpc) is 2.84. The van der Waals surface area contributed by atoms with Crippen LogP contribution in [0.2, 0.25) is 0 Å². The summed E-state index contributed by atoms with van der Waals surface area (Å²) in [6.07, 6.45) is 2.32. The fourth-order valence-electron chi connectivity index (χ4n) is 2.25. The van der Waals surface area contributed by atoms with E-state index >= 15 is 0 Å². The molecule has 1 heteroatoms. The van der Waals surface area contributed by atoms with Gasteiger partial charge in [0.05, 0.1) is 0 Å². The van der Waals surface area contributed by atoms with E-state index in [2.05, 4.69) is 43.3 Å². The van der Waals surface area contributed by atoms with Crippen LogP contribution >= 0.6 is 0 Å². The number of fused-ring (bicyclic) bond motifs is 1. The third kappa shape index (κ3) is 2.04. The van der Waals surface area contributed by atoms with Crippen LogP contribution in [0.15, 0.2) is 59.0 Å². The lowest BCUT2D eigenvalue weighted by Gasteiger charge is -2.00. The van der Waals surface area contributed by atoms with Crippen LogP contribution < -0.4 is 0 Å². The van der Waals surface area contributed by atoms with Crippen LogP contribution in [-0.4, -0.2) is 0 Å². The van der Waals surface area contributed by atoms with E-state index in [-0.39, 0.29) is 0 Å². The third-order valence-electron chi connectivity index (χ3n) is 3.20. The van der Waals surface area contributed by atoms with Gasteiger partial charge in [-0.15, -0.1) is 0 Å². The lowest BCUT2D eigenvalue weighted by molar-refractivity contribution is 0.631. The van der Waals surface area contributed by atoms with E-state index in [9.17, 15) is 0 Å². The van der Waals surface area contributed by atoms with E-state index in [0.29, 0.717) is 0 Å². The van der Waals surface area contributed by atoms with Crippen LogP contribution in [0.4, 0.5) is 0 Å². The Balaban J connectivity index is 1.98. The number of rotatable bonds is 3. The number of furan rings is 1. The minimum Gasteiger partial charge on any atom is -0.456 e. The molecule has 0 bridgehead atoms. The quantitative estimate of drug-likeness (QED) is 0.620. The summed E-state index contributed by atoms with van der Waals surface area (Å²) >= 11 is 0. The molecule has 0 aliphatic heterocycles. The molecule has 0 saturated carbocycles. The maximum Gasteiger partial charge on any atom is 0.135 e. The highest BCUT2D eigenvalue weighted by molar-refractivity contribution is 5.82. The lowest BCUT2D eigenvalue weighted by atomic mass is 10.1. The summed E-state index contributed by atoms with van der Waals surface area (Å²) in [7, 11) is 0. The van der Waals surface area contributed by atoms with Crippen molar-refractivity contribution >= 4 is 11.0 Å². The van der Waals surface area contributed by atoms with Gasteiger partial charge in [0, 0.05) is 10.9 Å². The van der Waals surface area contributed by atoms with Crippen molar-refractivity contribution in [2.45, 2.75) is 19.8 Å². The molecule has 0 N–H and O–H groups in total. The van der Waals surface area contributed by atoms with E-state index in [1.54, 1.807) is 0 Å². The van der Waals surface area contributed by atoms with E-state index < -0.39 is 0 Å². The summed E-state index contributed by atoms with van der Waals surface area (Å²) in [6.45, 7) is 2.20. The fourth-order valence-corrected chi connectivity index (χ4v) is 2.25. The van der Waals surface area contributed by atoms with Gasteiger partial charge in [0.1, 0.15) is 11.3 Å². The van der Waals surface area contributed by atoms with Crippen molar-refractivity contribution in [3.05, 3.63) is 60.2 Å². The van der Waals surface area contributed by atoms with E-state index in [4.69, 9.17) is 4.42 Å². The number of hydrogen-bond acceptors (Lipinski definition) is 1. The zero-order valence-corrected chi connectivity index (χ0v) is 10.5. The van der Waals surface area contributed by atoms with Crippen LogP contribution in [0.5, 0.6) is 0 Å². The van der Waals surface area contributed by atoms with Crippen molar-refractivity contribution < 1.29 is 4.42 Å². The largest absolute Gasteiger partial charge is 0.456 e. The van der Waals surface area contributed by atoms with Crippen molar-refractivity contribution in [3.8, 4) is 11.3 Å².